The molecule has 0 spiro atoms. The number of aryl methyl sites for hydroxylation is 1. The van der Waals surface area contributed by atoms with Gasteiger partial charge in [-0.05, 0) is 56.8 Å². The van der Waals surface area contributed by atoms with Crippen LogP contribution in [0.5, 0.6) is 0 Å². The van der Waals surface area contributed by atoms with Gasteiger partial charge < -0.3 is 15.5 Å². The molecule has 0 fully saturated rings. The topological polar surface area (TPSA) is 68.7 Å². The maximum atomic E-state index is 4.58. The molecular formula is C29H33N7S. The molecule has 0 amide bonds. The minimum atomic E-state index is 0.536. The minimum Gasteiger partial charge on any atom is -0.379 e. The van der Waals surface area contributed by atoms with E-state index in [2.05, 4.69) is 85.9 Å². The number of para-hydroxylation sites is 1. The fraction of sp³-hybridized carbons (Fsp3) is 0.276. The number of thioether (sulfide) groups is 1. The molecule has 2 aromatic rings. The summed E-state index contributed by atoms with van der Waals surface area (Å²) in [5, 5.41) is 8.34. The third kappa shape index (κ3) is 5.40. The molecule has 0 aliphatic carbocycles. The number of anilines is 1. The summed E-state index contributed by atoms with van der Waals surface area (Å²) in [6.45, 7) is 15.1. The molecule has 8 heteroatoms. The third-order valence-corrected chi connectivity index (χ3v) is 7.67. The van der Waals surface area contributed by atoms with Crippen LogP contribution in [0.4, 0.5) is 5.69 Å². The zero-order chi connectivity index (χ0) is 25.8. The largest absolute Gasteiger partial charge is 0.379 e. The van der Waals surface area contributed by atoms with Gasteiger partial charge in [-0.1, -0.05) is 37.1 Å². The summed E-state index contributed by atoms with van der Waals surface area (Å²) < 4.78 is 0. The Morgan fingerprint density at radius 3 is 2.89 bits per heavy atom. The van der Waals surface area contributed by atoms with Crippen LogP contribution in [0.3, 0.4) is 0 Å². The zero-order valence-corrected chi connectivity index (χ0v) is 22.3. The Kier molecular flexibility index (Phi) is 7.58. The minimum absolute atomic E-state index is 0.536. The normalized spacial score (nSPS) is 18.3. The highest BCUT2D eigenvalue weighted by molar-refractivity contribution is 8.03. The summed E-state index contributed by atoms with van der Waals surface area (Å²) in [5.74, 6) is 1.05. The highest BCUT2D eigenvalue weighted by Crippen LogP contribution is 2.53. The molecule has 0 saturated heterocycles. The Labute approximate surface area is 223 Å². The van der Waals surface area contributed by atoms with Crippen molar-refractivity contribution in [3.05, 3.63) is 107 Å². The summed E-state index contributed by atoms with van der Waals surface area (Å²) in [4.78, 5) is 19.3. The molecule has 0 atom stereocenters. The molecule has 5 rings (SSSR count). The number of fused-ring (bicyclic) bond motifs is 4. The Balaban J connectivity index is 1.52. The van der Waals surface area contributed by atoms with E-state index < -0.39 is 0 Å². The molecule has 1 aromatic carbocycles. The first-order valence-electron chi connectivity index (χ1n) is 12.6. The summed E-state index contributed by atoms with van der Waals surface area (Å²) in [6.07, 6.45) is 10.6. The number of benzene rings is 1. The van der Waals surface area contributed by atoms with Gasteiger partial charge >= 0.3 is 0 Å². The molecule has 3 aliphatic heterocycles. The summed E-state index contributed by atoms with van der Waals surface area (Å²) in [5.41, 5.74) is 6.71. The smallest absolute Gasteiger partial charge is 0.119 e. The Morgan fingerprint density at radius 2 is 2.05 bits per heavy atom. The van der Waals surface area contributed by atoms with Gasteiger partial charge in [0.15, 0.2) is 0 Å². The van der Waals surface area contributed by atoms with E-state index in [4.69, 9.17) is 0 Å². The first-order chi connectivity index (χ1) is 18.0. The number of nitrogens with one attached hydrogen (secondary N) is 2. The van der Waals surface area contributed by atoms with E-state index in [-0.39, 0.29) is 0 Å². The number of rotatable bonds is 4. The molecule has 4 heterocycles. The molecule has 190 valence electrons. The van der Waals surface area contributed by atoms with Crippen LogP contribution in [0.15, 0.2) is 105 Å². The molecule has 7 nitrogen and oxygen atoms in total. The van der Waals surface area contributed by atoms with Crippen molar-refractivity contribution in [1.29, 1.82) is 0 Å². The highest BCUT2D eigenvalue weighted by atomic mass is 32.2. The van der Waals surface area contributed by atoms with E-state index in [0.29, 0.717) is 6.54 Å². The Morgan fingerprint density at radius 1 is 1.19 bits per heavy atom. The Hall–Kier alpha value is -3.62. The standard InChI is InChI=1S/C29H33N7S/c1-20-17-34-23(18-32-20)19-33-22(3)27-21(2)24-9-7-12-30-14-16-35(4)15-8-13-31-28(24)36-25-10-5-6-11-26(25)37-29(27)36/h5-7,9-12,17-18,31,33H,2-3,8,13-16,19H2,1,4H3. The fourth-order valence-electron chi connectivity index (χ4n) is 4.53. The van der Waals surface area contributed by atoms with Gasteiger partial charge in [-0.15, -0.1) is 0 Å². The molecule has 1 aromatic heterocycles. The number of aliphatic imine (C=N–C) groups is 1. The van der Waals surface area contributed by atoms with Gasteiger partial charge in [0.05, 0.1) is 41.4 Å². The molecule has 0 bridgehead atoms. The highest BCUT2D eigenvalue weighted by Gasteiger charge is 2.37. The third-order valence-electron chi connectivity index (χ3n) is 6.53. The maximum absolute atomic E-state index is 4.58. The molecule has 0 saturated carbocycles. The molecule has 0 unspecified atom stereocenters. The van der Waals surface area contributed by atoms with Gasteiger partial charge in [0.2, 0.25) is 0 Å². The molecule has 37 heavy (non-hydrogen) atoms. The van der Waals surface area contributed by atoms with E-state index in [9.17, 15) is 0 Å². The summed E-state index contributed by atoms with van der Waals surface area (Å²) in [6, 6.07) is 8.51. The van der Waals surface area contributed by atoms with E-state index in [1.54, 1.807) is 24.2 Å². The first-order valence-corrected chi connectivity index (χ1v) is 13.4. The lowest BCUT2D eigenvalue weighted by Gasteiger charge is -2.34. The van der Waals surface area contributed by atoms with Crippen molar-refractivity contribution in [2.45, 2.75) is 24.8 Å². The van der Waals surface area contributed by atoms with E-state index in [0.717, 1.165) is 82.9 Å². The van der Waals surface area contributed by atoms with Crippen LogP contribution < -0.4 is 15.5 Å². The number of nitrogens with zero attached hydrogens (tertiary/aromatic N) is 5. The van der Waals surface area contributed by atoms with Crippen molar-refractivity contribution in [1.82, 2.24) is 25.5 Å². The summed E-state index contributed by atoms with van der Waals surface area (Å²) in [7, 11) is 2.15. The van der Waals surface area contributed by atoms with Crippen molar-refractivity contribution in [3.63, 3.8) is 0 Å². The van der Waals surface area contributed by atoms with Crippen LogP contribution >= 0.6 is 11.8 Å². The van der Waals surface area contributed by atoms with Crippen LogP contribution in [-0.4, -0.2) is 54.3 Å². The predicted molar refractivity (Wildman–Crippen MR) is 153 cm³/mol. The number of allylic oxidation sites excluding steroid dienone is 4. The molecular weight excluding hydrogens is 478 g/mol. The van der Waals surface area contributed by atoms with Crippen molar-refractivity contribution in [2.75, 3.05) is 38.1 Å². The van der Waals surface area contributed by atoms with Gasteiger partial charge in [0, 0.05) is 47.2 Å². The lowest BCUT2D eigenvalue weighted by atomic mass is 9.93. The van der Waals surface area contributed by atoms with Crippen molar-refractivity contribution < 1.29 is 0 Å². The number of likely N-dealkylation sites (N-methyl/N-ethyl adjacent to an activating group) is 1. The second-order valence-corrected chi connectivity index (χ2v) is 10.3. The first kappa shape index (κ1) is 25.0. The average molecular weight is 512 g/mol. The van der Waals surface area contributed by atoms with Crippen molar-refractivity contribution in [2.24, 2.45) is 4.99 Å². The van der Waals surface area contributed by atoms with Crippen molar-refractivity contribution >= 4 is 23.7 Å². The molecule has 2 N–H and O–H groups in total. The maximum Gasteiger partial charge on any atom is 0.119 e. The van der Waals surface area contributed by atoms with Crippen LogP contribution in [0.1, 0.15) is 17.8 Å². The average Bonchev–Trinajstić information content (AvgIpc) is 3.28. The molecule has 3 aliphatic rings. The van der Waals surface area contributed by atoms with E-state index >= 15 is 0 Å². The monoisotopic (exact) mass is 511 g/mol. The van der Waals surface area contributed by atoms with Crippen LogP contribution in [0.2, 0.25) is 0 Å². The van der Waals surface area contributed by atoms with Crippen LogP contribution in [0.25, 0.3) is 0 Å². The molecule has 0 radical (unpaired) electrons. The predicted octanol–water partition coefficient (Wildman–Crippen LogP) is 4.55. The Bertz CT molecular complexity index is 1320. The fourth-order valence-corrected chi connectivity index (χ4v) is 5.78. The second-order valence-electron chi connectivity index (χ2n) is 9.31. The van der Waals surface area contributed by atoms with Gasteiger partial charge in [-0.25, -0.2) is 0 Å². The van der Waals surface area contributed by atoms with E-state index in [1.807, 2.05) is 19.2 Å². The van der Waals surface area contributed by atoms with Gasteiger partial charge in [-0.3, -0.25) is 19.9 Å². The van der Waals surface area contributed by atoms with Gasteiger partial charge in [0.1, 0.15) is 5.82 Å². The van der Waals surface area contributed by atoms with Gasteiger partial charge in [0.25, 0.3) is 0 Å². The van der Waals surface area contributed by atoms with Crippen LogP contribution in [-0.2, 0) is 6.54 Å². The second kappa shape index (κ2) is 11.2. The lowest BCUT2D eigenvalue weighted by Crippen LogP contribution is -2.36. The lowest BCUT2D eigenvalue weighted by molar-refractivity contribution is 0.338. The quantitative estimate of drug-likeness (QED) is 0.624. The van der Waals surface area contributed by atoms with Crippen LogP contribution in [0, 0.1) is 6.92 Å². The SMILES string of the molecule is C=C(NCc1cnc(C)cn1)C1=C2Sc3ccccc3N2C2=C(C=CC=NCCN(C)CCCN2)C1=C. The number of aromatic nitrogens is 2. The van der Waals surface area contributed by atoms with Crippen molar-refractivity contribution in [3.8, 4) is 0 Å². The number of hydrogen-bond acceptors (Lipinski definition) is 8. The van der Waals surface area contributed by atoms with Gasteiger partial charge in [-0.2, -0.15) is 0 Å². The van der Waals surface area contributed by atoms with E-state index in [1.165, 1.54) is 4.90 Å². The zero-order valence-electron chi connectivity index (χ0n) is 21.5. The number of hydrogen-bond donors (Lipinski definition) is 2. The summed E-state index contributed by atoms with van der Waals surface area (Å²) >= 11 is 1.76.